The fourth-order valence-electron chi connectivity index (χ4n) is 2.72. The monoisotopic (exact) mass is 378 g/mol. The van der Waals surface area contributed by atoms with Gasteiger partial charge in [0, 0.05) is 24.6 Å². The Morgan fingerprint density at radius 1 is 1.27 bits per heavy atom. The summed E-state index contributed by atoms with van der Waals surface area (Å²) in [5.41, 5.74) is 0.306. The Balaban J connectivity index is 1.63. The molecule has 7 nitrogen and oxygen atoms in total. The van der Waals surface area contributed by atoms with Gasteiger partial charge in [0.1, 0.15) is 11.5 Å². The summed E-state index contributed by atoms with van der Waals surface area (Å²) in [6, 6.07) is 9.46. The zero-order chi connectivity index (χ0) is 18.6. The predicted octanol–water partition coefficient (Wildman–Crippen LogP) is 1.83. The molecular formula is C18H22N2O5S. The van der Waals surface area contributed by atoms with Crippen LogP contribution in [-0.4, -0.2) is 34.1 Å². The van der Waals surface area contributed by atoms with Gasteiger partial charge < -0.3 is 14.5 Å². The number of carbonyl (C=O) groups excluding carboxylic acids is 1. The molecule has 2 aromatic rings. The number of sulfonamides is 1. The van der Waals surface area contributed by atoms with Gasteiger partial charge in [-0.05, 0) is 43.7 Å². The van der Waals surface area contributed by atoms with E-state index in [1.54, 1.807) is 31.2 Å². The molecule has 1 amide bonds. The van der Waals surface area contributed by atoms with Crippen LogP contribution in [0.4, 0.5) is 0 Å². The maximum Gasteiger partial charge on any atom is 0.251 e. The van der Waals surface area contributed by atoms with Crippen molar-refractivity contribution in [3.63, 3.8) is 0 Å². The average molecular weight is 378 g/mol. The highest BCUT2D eigenvalue weighted by Gasteiger charge is 2.19. The normalized spacial score (nSPS) is 17.3. The minimum Gasteiger partial charge on any atom is -0.465 e. The molecule has 1 aliphatic rings. The molecule has 0 saturated carbocycles. The summed E-state index contributed by atoms with van der Waals surface area (Å²) in [6.45, 7) is 3.72. The molecule has 1 aromatic carbocycles. The van der Waals surface area contributed by atoms with E-state index in [9.17, 15) is 13.2 Å². The van der Waals surface area contributed by atoms with Crippen molar-refractivity contribution in [3.8, 4) is 0 Å². The predicted molar refractivity (Wildman–Crippen MR) is 95.2 cm³/mol. The van der Waals surface area contributed by atoms with E-state index in [0.717, 1.165) is 13.0 Å². The Hall–Kier alpha value is -2.16. The lowest BCUT2D eigenvalue weighted by molar-refractivity contribution is 0.0944. The minimum absolute atomic E-state index is 0.0395. The number of aryl methyl sites for hydroxylation is 1. The molecule has 1 aliphatic heterocycles. The number of benzene rings is 1. The number of furan rings is 1. The van der Waals surface area contributed by atoms with Crippen molar-refractivity contribution in [1.29, 1.82) is 0 Å². The van der Waals surface area contributed by atoms with Crippen molar-refractivity contribution in [2.45, 2.75) is 24.8 Å². The van der Waals surface area contributed by atoms with Gasteiger partial charge in [0.2, 0.25) is 10.0 Å². The zero-order valence-electron chi connectivity index (χ0n) is 14.5. The van der Waals surface area contributed by atoms with E-state index in [1.807, 2.05) is 0 Å². The molecule has 0 radical (unpaired) electrons. The van der Waals surface area contributed by atoms with Gasteiger partial charge in [0.15, 0.2) is 0 Å². The third kappa shape index (κ3) is 4.72. The second-order valence-electron chi connectivity index (χ2n) is 6.30. The first-order valence-electron chi connectivity index (χ1n) is 8.45. The van der Waals surface area contributed by atoms with E-state index in [-0.39, 0.29) is 17.3 Å². The summed E-state index contributed by atoms with van der Waals surface area (Å²) < 4.78 is 38.0. The number of amides is 1. The summed E-state index contributed by atoms with van der Waals surface area (Å²) >= 11 is 0. The van der Waals surface area contributed by atoms with Crippen molar-refractivity contribution in [2.24, 2.45) is 5.92 Å². The Bertz CT molecular complexity index is 869. The SMILES string of the molecule is Cc1ccc(CNS(=O)(=O)c2cccc(C(=O)NCC3CCOC3)c2)o1. The van der Waals surface area contributed by atoms with Crippen LogP contribution < -0.4 is 10.0 Å². The number of hydrogen-bond donors (Lipinski definition) is 2. The number of carbonyl (C=O) groups is 1. The van der Waals surface area contributed by atoms with E-state index >= 15 is 0 Å². The van der Waals surface area contributed by atoms with Crippen molar-refractivity contribution >= 4 is 15.9 Å². The first-order valence-corrected chi connectivity index (χ1v) is 9.93. The van der Waals surface area contributed by atoms with Crippen molar-refractivity contribution in [3.05, 3.63) is 53.5 Å². The first-order chi connectivity index (χ1) is 12.4. The second kappa shape index (κ2) is 8.03. The van der Waals surface area contributed by atoms with Crippen molar-refractivity contribution in [1.82, 2.24) is 10.0 Å². The van der Waals surface area contributed by atoms with E-state index < -0.39 is 10.0 Å². The van der Waals surface area contributed by atoms with Crippen molar-refractivity contribution in [2.75, 3.05) is 19.8 Å². The second-order valence-corrected chi connectivity index (χ2v) is 8.07. The van der Waals surface area contributed by atoms with Crippen LogP contribution in [-0.2, 0) is 21.3 Å². The van der Waals surface area contributed by atoms with Gasteiger partial charge in [0.25, 0.3) is 5.91 Å². The van der Waals surface area contributed by atoms with Crippen LogP contribution in [0.2, 0.25) is 0 Å². The highest BCUT2D eigenvalue weighted by Crippen LogP contribution is 2.14. The molecule has 2 N–H and O–H groups in total. The molecule has 0 spiro atoms. The molecule has 26 heavy (non-hydrogen) atoms. The highest BCUT2D eigenvalue weighted by molar-refractivity contribution is 7.89. The van der Waals surface area contributed by atoms with Gasteiger partial charge in [-0.3, -0.25) is 4.79 Å². The quantitative estimate of drug-likeness (QED) is 0.766. The van der Waals surface area contributed by atoms with Gasteiger partial charge in [-0.25, -0.2) is 13.1 Å². The molecule has 1 fully saturated rings. The van der Waals surface area contributed by atoms with Crippen LogP contribution in [0.3, 0.4) is 0 Å². The van der Waals surface area contributed by atoms with Crippen LogP contribution in [0.25, 0.3) is 0 Å². The number of nitrogens with one attached hydrogen (secondary N) is 2. The van der Waals surface area contributed by atoms with Gasteiger partial charge >= 0.3 is 0 Å². The minimum atomic E-state index is -3.75. The molecule has 0 aliphatic carbocycles. The molecular weight excluding hydrogens is 356 g/mol. The van der Waals surface area contributed by atoms with Gasteiger partial charge in [0.05, 0.1) is 18.0 Å². The first kappa shape index (κ1) is 18.6. The summed E-state index contributed by atoms with van der Waals surface area (Å²) in [5, 5.41) is 2.83. The fraction of sp³-hybridized carbons (Fsp3) is 0.389. The molecule has 8 heteroatoms. The molecule has 140 valence electrons. The van der Waals surface area contributed by atoms with Gasteiger partial charge in [-0.1, -0.05) is 6.07 Å². The third-order valence-electron chi connectivity index (χ3n) is 4.21. The molecule has 2 heterocycles. The summed E-state index contributed by atoms with van der Waals surface area (Å²) in [6.07, 6.45) is 0.922. The third-order valence-corrected chi connectivity index (χ3v) is 5.61. The number of rotatable bonds is 7. The van der Waals surface area contributed by atoms with Gasteiger partial charge in [-0.2, -0.15) is 0 Å². The maximum absolute atomic E-state index is 12.5. The zero-order valence-corrected chi connectivity index (χ0v) is 15.3. The summed E-state index contributed by atoms with van der Waals surface area (Å²) in [7, 11) is -3.75. The van der Waals surface area contributed by atoms with E-state index in [2.05, 4.69) is 10.0 Å². The maximum atomic E-state index is 12.5. The van der Waals surface area contributed by atoms with Gasteiger partial charge in [-0.15, -0.1) is 0 Å². The molecule has 3 rings (SSSR count). The molecule has 1 aromatic heterocycles. The lowest BCUT2D eigenvalue weighted by atomic mass is 10.1. The Kier molecular flexibility index (Phi) is 5.75. The van der Waals surface area contributed by atoms with Crippen LogP contribution >= 0.6 is 0 Å². The van der Waals surface area contributed by atoms with Crippen LogP contribution in [0.5, 0.6) is 0 Å². The Morgan fingerprint density at radius 3 is 2.81 bits per heavy atom. The Labute approximate surface area is 152 Å². The standard InChI is InChI=1S/C18H22N2O5S/c1-13-5-6-16(25-13)11-20-26(22,23)17-4-2-3-15(9-17)18(21)19-10-14-7-8-24-12-14/h2-6,9,14,20H,7-8,10-12H2,1H3,(H,19,21). The smallest absolute Gasteiger partial charge is 0.251 e. The van der Waals surface area contributed by atoms with E-state index in [1.165, 1.54) is 12.1 Å². The fourth-order valence-corrected chi connectivity index (χ4v) is 3.76. The van der Waals surface area contributed by atoms with Crippen LogP contribution in [0, 0.1) is 12.8 Å². The number of hydrogen-bond acceptors (Lipinski definition) is 5. The largest absolute Gasteiger partial charge is 0.465 e. The van der Waals surface area contributed by atoms with Crippen LogP contribution in [0.1, 0.15) is 28.3 Å². The topological polar surface area (TPSA) is 97.6 Å². The lowest BCUT2D eigenvalue weighted by Gasteiger charge is -2.11. The van der Waals surface area contributed by atoms with E-state index in [4.69, 9.17) is 9.15 Å². The summed E-state index contributed by atoms with van der Waals surface area (Å²) in [4.78, 5) is 12.3. The average Bonchev–Trinajstić information content (AvgIpc) is 3.29. The Morgan fingerprint density at radius 2 is 2.12 bits per heavy atom. The van der Waals surface area contributed by atoms with Crippen molar-refractivity contribution < 1.29 is 22.4 Å². The number of ether oxygens (including phenoxy) is 1. The lowest BCUT2D eigenvalue weighted by Crippen LogP contribution is -2.30. The van der Waals surface area contributed by atoms with E-state index in [0.29, 0.717) is 36.2 Å². The summed E-state index contributed by atoms with van der Waals surface area (Å²) in [5.74, 6) is 1.25. The molecule has 0 bridgehead atoms. The highest BCUT2D eigenvalue weighted by atomic mass is 32.2. The molecule has 1 saturated heterocycles. The van der Waals surface area contributed by atoms with Crippen LogP contribution in [0.15, 0.2) is 45.7 Å². The molecule has 1 unspecified atom stereocenters. The molecule has 1 atom stereocenters.